The molecular weight excluding hydrogens is 604 g/mol. The lowest BCUT2D eigenvalue weighted by Gasteiger charge is -2.30. The lowest BCUT2D eigenvalue weighted by molar-refractivity contribution is -0.142. The van der Waals surface area contributed by atoms with Crippen LogP contribution in [-0.2, 0) is 35.2 Å². The van der Waals surface area contributed by atoms with Gasteiger partial charge in [0.15, 0.2) is 0 Å². The van der Waals surface area contributed by atoms with E-state index >= 15 is 0 Å². The van der Waals surface area contributed by atoms with Crippen LogP contribution in [0.2, 0.25) is 0 Å². The molecule has 0 aliphatic carbocycles. The van der Waals surface area contributed by atoms with E-state index in [2.05, 4.69) is 34.4 Å². The lowest BCUT2D eigenvalue weighted by atomic mass is 10.0. The van der Waals surface area contributed by atoms with Crippen LogP contribution in [0.1, 0.15) is 77.2 Å². The highest BCUT2D eigenvalue weighted by molar-refractivity contribution is 5.96. The first-order valence-corrected chi connectivity index (χ1v) is 16.2. The van der Waals surface area contributed by atoms with Gasteiger partial charge in [-0.3, -0.25) is 28.8 Å². The lowest BCUT2D eigenvalue weighted by Crippen LogP contribution is -2.59. The monoisotopic (exact) mass is 654 g/mol. The van der Waals surface area contributed by atoms with Crippen LogP contribution in [0, 0.1) is 0 Å². The van der Waals surface area contributed by atoms with Gasteiger partial charge in [-0.15, -0.1) is 13.2 Å². The molecule has 0 unspecified atom stereocenters. The normalized spacial score (nSPS) is 16.6. The van der Waals surface area contributed by atoms with Crippen molar-refractivity contribution < 1.29 is 33.9 Å². The van der Waals surface area contributed by atoms with Gasteiger partial charge in [0.05, 0.1) is 0 Å². The summed E-state index contributed by atoms with van der Waals surface area (Å²) in [4.78, 5) is 79.1. The van der Waals surface area contributed by atoms with Gasteiger partial charge in [-0.25, -0.2) is 0 Å². The van der Waals surface area contributed by atoms with Gasteiger partial charge in [-0.2, -0.15) is 0 Å². The molecule has 1 heterocycles. The van der Waals surface area contributed by atoms with E-state index in [0.717, 1.165) is 6.42 Å². The predicted molar refractivity (Wildman–Crippen MR) is 178 cm³/mol. The molecule has 0 bridgehead atoms. The molecule has 1 aromatic rings. The van der Waals surface area contributed by atoms with Crippen molar-refractivity contribution in [3.63, 3.8) is 0 Å². The number of hydrogen-bond acceptors (Lipinski definition) is 7. The van der Waals surface area contributed by atoms with Crippen LogP contribution in [0.25, 0.3) is 0 Å². The fourth-order valence-electron chi connectivity index (χ4n) is 5.38. The topological polar surface area (TPSA) is 200 Å². The van der Waals surface area contributed by atoms with E-state index in [-0.39, 0.29) is 30.4 Å². The predicted octanol–water partition coefficient (Wildman–Crippen LogP) is 1.49. The number of nitrogens with one attached hydrogen (secondary N) is 4. The zero-order valence-corrected chi connectivity index (χ0v) is 27.5. The van der Waals surface area contributed by atoms with Crippen molar-refractivity contribution in [1.82, 2.24) is 26.2 Å². The van der Waals surface area contributed by atoms with Crippen LogP contribution < -0.4 is 27.0 Å². The number of allylic oxidation sites excluding steroid dienone is 2. The number of phenolic OH excluding ortho intramolecular Hbond substituents is 1. The molecule has 1 fully saturated rings. The van der Waals surface area contributed by atoms with Crippen LogP contribution >= 0.6 is 0 Å². The fourth-order valence-corrected chi connectivity index (χ4v) is 5.38. The quantitative estimate of drug-likeness (QED) is 0.0903. The van der Waals surface area contributed by atoms with Crippen LogP contribution in [0.3, 0.4) is 0 Å². The Balaban J connectivity index is 2.30. The van der Waals surface area contributed by atoms with E-state index in [1.54, 1.807) is 24.3 Å². The SMILES string of the molecule is C=CCCCC[C@H](NC(=O)[C@H](Cc1ccc(O)cc1)NC(=O)[C@@H]1CCCN1C(=O)[C@H](CCCC=C)NC(C)=O)C(=O)N[C@@H](C)C(N)=O. The highest BCUT2D eigenvalue weighted by Gasteiger charge is 2.39. The van der Waals surface area contributed by atoms with E-state index < -0.39 is 53.8 Å². The number of amides is 6. The second kappa shape index (κ2) is 19.7. The summed E-state index contributed by atoms with van der Waals surface area (Å²) in [7, 11) is 0. The maximum atomic E-state index is 13.8. The Morgan fingerprint density at radius 2 is 1.51 bits per heavy atom. The van der Waals surface area contributed by atoms with E-state index in [1.165, 1.54) is 30.9 Å². The summed E-state index contributed by atoms with van der Waals surface area (Å²) >= 11 is 0. The number of unbranched alkanes of at least 4 members (excludes halogenated alkanes) is 3. The Kier molecular flexibility index (Phi) is 16.2. The summed E-state index contributed by atoms with van der Waals surface area (Å²) in [5.74, 6) is -3.21. The van der Waals surface area contributed by atoms with Crippen molar-refractivity contribution in [2.45, 2.75) is 108 Å². The van der Waals surface area contributed by atoms with E-state index in [1.807, 2.05) is 0 Å². The number of nitrogens with zero attached hydrogens (tertiary/aromatic N) is 1. The first kappa shape index (κ1) is 38.5. The van der Waals surface area contributed by atoms with Gasteiger partial charge in [-0.05, 0) is 76.0 Å². The third-order valence-corrected chi connectivity index (χ3v) is 7.99. The second-order valence-corrected chi connectivity index (χ2v) is 11.9. The average molecular weight is 655 g/mol. The number of phenols is 1. The van der Waals surface area contributed by atoms with Crippen LogP contribution in [0.5, 0.6) is 5.75 Å². The van der Waals surface area contributed by atoms with Crippen molar-refractivity contribution in [3.8, 4) is 5.75 Å². The molecule has 0 spiro atoms. The van der Waals surface area contributed by atoms with Crippen molar-refractivity contribution in [1.29, 1.82) is 0 Å². The zero-order valence-electron chi connectivity index (χ0n) is 27.5. The molecule has 0 radical (unpaired) electrons. The van der Waals surface area contributed by atoms with Crippen molar-refractivity contribution in [2.24, 2.45) is 5.73 Å². The van der Waals surface area contributed by atoms with E-state index in [0.29, 0.717) is 57.1 Å². The van der Waals surface area contributed by atoms with Crippen molar-refractivity contribution >= 4 is 35.4 Å². The molecule has 6 amide bonds. The summed E-state index contributed by atoms with van der Waals surface area (Å²) in [5, 5.41) is 20.5. The number of nitrogens with two attached hydrogens (primary N) is 1. The van der Waals surface area contributed by atoms with Crippen molar-refractivity contribution in [3.05, 3.63) is 55.1 Å². The Morgan fingerprint density at radius 3 is 2.13 bits per heavy atom. The molecule has 47 heavy (non-hydrogen) atoms. The van der Waals surface area contributed by atoms with E-state index in [9.17, 15) is 33.9 Å². The summed E-state index contributed by atoms with van der Waals surface area (Å²) in [5.41, 5.74) is 5.95. The van der Waals surface area contributed by atoms with Gasteiger partial charge < -0.3 is 37.0 Å². The molecule has 13 nitrogen and oxygen atoms in total. The number of rotatable bonds is 20. The summed E-state index contributed by atoms with van der Waals surface area (Å²) in [6, 6.07) is 1.32. The largest absolute Gasteiger partial charge is 0.508 e. The third kappa shape index (κ3) is 12.9. The number of benzene rings is 1. The van der Waals surface area contributed by atoms with Crippen LogP contribution in [0.15, 0.2) is 49.6 Å². The minimum absolute atomic E-state index is 0.0249. The molecule has 0 saturated carbocycles. The van der Waals surface area contributed by atoms with Gasteiger partial charge in [0, 0.05) is 19.9 Å². The highest BCUT2D eigenvalue weighted by atomic mass is 16.3. The van der Waals surface area contributed by atoms with Crippen LogP contribution in [0.4, 0.5) is 0 Å². The molecule has 13 heteroatoms. The first-order valence-electron chi connectivity index (χ1n) is 16.2. The number of likely N-dealkylation sites (tertiary alicyclic amines) is 1. The molecule has 1 aliphatic rings. The molecule has 0 aromatic heterocycles. The smallest absolute Gasteiger partial charge is 0.245 e. The van der Waals surface area contributed by atoms with Gasteiger partial charge in [0.1, 0.15) is 36.0 Å². The Hall–Kier alpha value is -4.68. The van der Waals surface area contributed by atoms with E-state index in [4.69, 9.17) is 5.73 Å². The first-order chi connectivity index (χ1) is 22.4. The number of primary amides is 1. The number of carbonyl (C=O) groups excluding carboxylic acids is 6. The summed E-state index contributed by atoms with van der Waals surface area (Å²) < 4.78 is 0. The van der Waals surface area contributed by atoms with Gasteiger partial charge in [0.25, 0.3) is 0 Å². The molecular formula is C34H50N6O7. The van der Waals surface area contributed by atoms with Gasteiger partial charge in [-0.1, -0.05) is 30.7 Å². The minimum Gasteiger partial charge on any atom is -0.508 e. The van der Waals surface area contributed by atoms with Gasteiger partial charge in [0.2, 0.25) is 35.4 Å². The Bertz CT molecular complexity index is 1270. The maximum absolute atomic E-state index is 13.8. The molecule has 258 valence electrons. The minimum atomic E-state index is -1.15. The Morgan fingerprint density at radius 1 is 0.894 bits per heavy atom. The maximum Gasteiger partial charge on any atom is 0.245 e. The summed E-state index contributed by atoms with van der Waals surface area (Å²) in [6.45, 7) is 10.5. The molecule has 7 N–H and O–H groups in total. The molecule has 5 atom stereocenters. The van der Waals surface area contributed by atoms with Crippen molar-refractivity contribution in [2.75, 3.05) is 6.54 Å². The average Bonchev–Trinajstić information content (AvgIpc) is 3.52. The number of hydrogen-bond donors (Lipinski definition) is 6. The summed E-state index contributed by atoms with van der Waals surface area (Å²) in [6.07, 6.45) is 8.38. The standard InChI is InChI=1S/C34H50N6O7/c1-5-7-9-11-13-26(31(44)36-22(3)30(35)43)38-32(45)28(21-24-16-18-25(42)19-17-24)39-33(46)29-15-12-20-40(29)34(47)27(37-23(4)41)14-10-8-6-2/h5-6,16-19,22,26-29,42H,1-2,7-15,20-21H2,3-4H3,(H2,35,43)(H,36,44)(H,37,41)(H,38,45)(H,39,46)/t22-,26-,27-,28-,29-/m0/s1. The number of aromatic hydroxyl groups is 1. The number of carbonyl (C=O) groups is 6. The zero-order chi connectivity index (χ0) is 34.9. The van der Waals surface area contributed by atoms with Crippen LogP contribution in [-0.4, -0.2) is 82.2 Å². The molecule has 1 aromatic carbocycles. The molecule has 2 rings (SSSR count). The third-order valence-electron chi connectivity index (χ3n) is 7.99. The Labute approximate surface area is 276 Å². The second-order valence-electron chi connectivity index (χ2n) is 11.9. The molecule has 1 saturated heterocycles. The highest BCUT2D eigenvalue weighted by Crippen LogP contribution is 2.21. The van der Waals surface area contributed by atoms with Gasteiger partial charge >= 0.3 is 0 Å². The molecule has 1 aliphatic heterocycles. The fraction of sp³-hybridized carbons (Fsp3) is 0.529.